The van der Waals surface area contributed by atoms with E-state index in [9.17, 15) is 0 Å². The molecule has 0 saturated heterocycles. The van der Waals surface area contributed by atoms with Gasteiger partial charge in [-0.05, 0) is 45.3 Å². The van der Waals surface area contributed by atoms with Crippen molar-refractivity contribution in [3.05, 3.63) is 64.5 Å². The van der Waals surface area contributed by atoms with E-state index < -0.39 is 24.7 Å². The fourth-order valence-corrected chi connectivity index (χ4v) is 15.8. The van der Waals surface area contributed by atoms with Gasteiger partial charge in [0.15, 0.2) is 0 Å². The number of allylic oxidation sites excluding steroid dienone is 4. The SMILES string of the molecule is CN(C)[C@@H]1CCCC[C@H]1[N-][Si](C)(C)C[C]1[CH][CH][C]2C=CC=C[C]21.C[Si](C)(C)[N-][Si](C)(C)C.[Y+3]. The van der Waals surface area contributed by atoms with Crippen LogP contribution in [-0.4, -0.2) is 55.8 Å². The van der Waals surface area contributed by atoms with Crippen LogP contribution in [0.25, 0.3) is 9.63 Å². The summed E-state index contributed by atoms with van der Waals surface area (Å²) in [5.41, 5.74) is 0. The van der Waals surface area contributed by atoms with E-state index in [0.29, 0.717) is 12.1 Å². The van der Waals surface area contributed by atoms with Crippen LogP contribution in [0.15, 0.2) is 24.3 Å². The van der Waals surface area contributed by atoms with E-state index in [4.69, 9.17) is 9.63 Å². The quantitative estimate of drug-likeness (QED) is 0.286. The Bertz CT molecular complexity index is 626. The first-order valence-corrected chi connectivity index (χ1v) is 22.5. The first-order valence-electron chi connectivity index (χ1n) is 12.4. The van der Waals surface area contributed by atoms with Crippen molar-refractivity contribution in [3.8, 4) is 0 Å². The summed E-state index contributed by atoms with van der Waals surface area (Å²) in [5, 5.41) is 0. The normalized spacial score (nSPS) is 24.9. The van der Waals surface area contributed by atoms with E-state index in [0.717, 1.165) is 6.04 Å². The molecule has 0 N–H and O–H groups in total. The van der Waals surface area contributed by atoms with Crippen LogP contribution in [0.3, 0.4) is 0 Å². The van der Waals surface area contributed by atoms with Gasteiger partial charge in [-0.1, -0.05) is 127 Å². The zero-order valence-electron chi connectivity index (χ0n) is 23.1. The van der Waals surface area contributed by atoms with Crippen molar-refractivity contribution in [1.29, 1.82) is 0 Å². The van der Waals surface area contributed by atoms with E-state index in [1.807, 2.05) is 0 Å². The second-order valence-electron chi connectivity index (χ2n) is 12.4. The molecule has 2 fully saturated rings. The van der Waals surface area contributed by atoms with Gasteiger partial charge in [-0.3, -0.25) is 0 Å². The third kappa shape index (κ3) is 11.8. The Morgan fingerprint density at radius 3 is 1.97 bits per heavy atom. The van der Waals surface area contributed by atoms with Gasteiger partial charge in [0, 0.05) is 11.8 Å². The molecule has 0 spiro atoms. The van der Waals surface area contributed by atoms with Crippen LogP contribution < -0.4 is 0 Å². The smallest absolute Gasteiger partial charge is 0.668 e. The largest absolute Gasteiger partial charge is 3.00 e. The Kier molecular flexibility index (Phi) is 13.2. The number of hydrogen-bond acceptors (Lipinski definition) is 1. The predicted molar refractivity (Wildman–Crippen MR) is 152 cm³/mol. The minimum Gasteiger partial charge on any atom is -0.668 e. The Hall–Kier alpha value is 1.11. The van der Waals surface area contributed by atoms with Crippen molar-refractivity contribution in [2.75, 3.05) is 14.1 Å². The average Bonchev–Trinajstić information content (AvgIpc) is 3.01. The van der Waals surface area contributed by atoms with Crippen molar-refractivity contribution in [1.82, 2.24) is 4.90 Å². The maximum absolute atomic E-state index is 5.45. The Balaban J connectivity index is 0.000000467. The zero-order valence-corrected chi connectivity index (χ0v) is 28.9. The molecule has 0 aromatic heterocycles. The molecule has 0 unspecified atom stereocenters. The molecule has 33 heavy (non-hydrogen) atoms. The molecule has 7 heteroatoms. The Labute approximate surface area is 235 Å². The van der Waals surface area contributed by atoms with Gasteiger partial charge in [-0.2, -0.15) is 0 Å². The summed E-state index contributed by atoms with van der Waals surface area (Å²) in [5.74, 6) is 4.30. The molecule has 0 aromatic carbocycles. The summed E-state index contributed by atoms with van der Waals surface area (Å²) in [7, 11) is 0.626. The Morgan fingerprint density at radius 2 is 1.42 bits per heavy atom. The van der Waals surface area contributed by atoms with Gasteiger partial charge in [0.2, 0.25) is 0 Å². The van der Waals surface area contributed by atoms with Crippen molar-refractivity contribution in [2.45, 2.75) is 96.2 Å². The van der Waals surface area contributed by atoms with Crippen LogP contribution >= 0.6 is 0 Å². The summed E-state index contributed by atoms with van der Waals surface area (Å²) >= 11 is 0. The second kappa shape index (κ2) is 13.6. The number of hydrogen-bond donors (Lipinski definition) is 0. The second-order valence-corrected chi connectivity index (χ2v) is 26.2. The Morgan fingerprint density at radius 1 is 0.848 bits per heavy atom. The van der Waals surface area contributed by atoms with Crippen molar-refractivity contribution in [3.63, 3.8) is 0 Å². The van der Waals surface area contributed by atoms with Crippen LogP contribution in [0, 0.1) is 30.6 Å². The van der Waals surface area contributed by atoms with Gasteiger partial charge >= 0.3 is 32.7 Å². The third-order valence-electron chi connectivity index (χ3n) is 5.94. The van der Waals surface area contributed by atoms with E-state index in [1.54, 1.807) is 0 Å². The van der Waals surface area contributed by atoms with E-state index in [2.05, 4.69) is 109 Å². The molecule has 3 rings (SSSR count). The average molecular weight is 576 g/mol. The summed E-state index contributed by atoms with van der Waals surface area (Å²) in [4.78, 5) is 7.85. The van der Waals surface area contributed by atoms with E-state index in [1.165, 1.54) is 43.4 Å². The molecule has 3 aliphatic carbocycles. The molecule has 3 aliphatic rings. The molecule has 0 bridgehead atoms. The monoisotopic (exact) mass is 575 g/mol. The number of rotatable bonds is 7. The fraction of sp³-hybridized carbons (Fsp3) is 0.654. The summed E-state index contributed by atoms with van der Waals surface area (Å²) in [6.07, 6.45) is 18.6. The predicted octanol–water partition coefficient (Wildman–Crippen LogP) is 7.74. The van der Waals surface area contributed by atoms with Crippen molar-refractivity contribution < 1.29 is 32.7 Å². The maximum Gasteiger partial charge on any atom is 3.00 e. The van der Waals surface area contributed by atoms with Gasteiger partial charge in [-0.15, -0.1) is 6.04 Å². The van der Waals surface area contributed by atoms with Crippen LogP contribution in [0.2, 0.25) is 58.4 Å². The standard InChI is InChI=1S/C20H30N2Si.C6H18NSi2.Y/c1-22(2)20-12-8-7-11-19(20)21-23(3,4)15-17-14-13-16-9-5-6-10-18(16)17;1-8(2,3)7-9(4,5)6;/h5-6,9-10,13-14,19-20H,7-8,11-12,15H2,1-4H3;1-6H3;/q2*-1;+3/t19-,20-;;/m1../s1. The van der Waals surface area contributed by atoms with Crippen LogP contribution in [0.5, 0.6) is 0 Å². The molecular formula is C26H48N3Si3Y+. The first-order chi connectivity index (χ1) is 14.7. The van der Waals surface area contributed by atoms with Gasteiger partial charge in [-0.25, -0.2) is 0 Å². The number of likely N-dealkylation sites (N-methyl/N-ethyl adjacent to an activating group) is 1. The number of nitrogens with zero attached hydrogens (tertiary/aromatic N) is 3. The third-order valence-corrected chi connectivity index (χ3v) is 13.6. The molecule has 0 amide bonds. The molecule has 0 heterocycles. The van der Waals surface area contributed by atoms with E-state index >= 15 is 0 Å². The molecule has 3 nitrogen and oxygen atoms in total. The molecule has 0 aromatic rings. The molecular weight excluding hydrogens is 527 g/mol. The van der Waals surface area contributed by atoms with Crippen LogP contribution in [0.4, 0.5) is 0 Å². The minimum absolute atomic E-state index is 0. The fourth-order valence-electron chi connectivity index (χ4n) is 5.18. The van der Waals surface area contributed by atoms with Gasteiger partial charge in [0.1, 0.15) is 0 Å². The van der Waals surface area contributed by atoms with Crippen LogP contribution in [-0.2, 0) is 32.7 Å². The van der Waals surface area contributed by atoms with Crippen molar-refractivity contribution >= 4 is 24.7 Å². The number of fused-ring (bicyclic) bond motifs is 1. The zero-order chi connectivity index (χ0) is 24.2. The molecule has 2 saturated carbocycles. The minimum atomic E-state index is -1.60. The summed E-state index contributed by atoms with van der Waals surface area (Å²) < 4.78 is 4.82. The molecule has 2 atom stereocenters. The maximum atomic E-state index is 5.45. The first kappa shape index (κ1) is 32.1. The van der Waals surface area contributed by atoms with Crippen LogP contribution in [0.1, 0.15) is 25.7 Å². The molecule has 181 valence electrons. The summed E-state index contributed by atoms with van der Waals surface area (Å²) in [6.45, 7) is 18.7. The van der Waals surface area contributed by atoms with Gasteiger partial charge < -0.3 is 14.5 Å². The van der Waals surface area contributed by atoms with E-state index in [-0.39, 0.29) is 32.7 Å². The van der Waals surface area contributed by atoms with Crippen molar-refractivity contribution in [2.24, 2.45) is 0 Å². The van der Waals surface area contributed by atoms with Gasteiger partial charge in [0.05, 0.1) is 0 Å². The molecule has 0 aliphatic heterocycles. The van der Waals surface area contributed by atoms with Gasteiger partial charge in [0.25, 0.3) is 0 Å². The summed E-state index contributed by atoms with van der Waals surface area (Å²) in [6, 6.07) is 2.35. The topological polar surface area (TPSA) is 31.4 Å². The molecule has 5 radical (unpaired) electrons.